The lowest BCUT2D eigenvalue weighted by Crippen LogP contribution is -2.35. The van der Waals surface area contributed by atoms with E-state index >= 15 is 0 Å². The van der Waals surface area contributed by atoms with E-state index in [1.165, 1.54) is 31.4 Å². The second kappa shape index (κ2) is 6.15. The Balaban J connectivity index is 1.46. The maximum Gasteiger partial charge on any atom is 0.122 e. The molecule has 0 radical (unpaired) electrons. The lowest BCUT2D eigenvalue weighted by molar-refractivity contribution is 0.255. The van der Waals surface area contributed by atoms with Crippen molar-refractivity contribution in [2.45, 2.75) is 50.7 Å². The van der Waals surface area contributed by atoms with Gasteiger partial charge in [-0.05, 0) is 50.8 Å². The molecule has 1 aliphatic carbocycles. The van der Waals surface area contributed by atoms with E-state index in [0.717, 1.165) is 30.8 Å². The molecule has 20 heavy (non-hydrogen) atoms. The summed E-state index contributed by atoms with van der Waals surface area (Å²) in [4.78, 5) is 2.70. The minimum absolute atomic E-state index is 0.667. The maximum absolute atomic E-state index is 5.41. The molecule has 3 rings (SSSR count). The first kappa shape index (κ1) is 13.9. The molecule has 1 aliphatic heterocycles. The maximum atomic E-state index is 5.41. The van der Waals surface area contributed by atoms with E-state index in [-0.39, 0.29) is 0 Å². The number of rotatable bonds is 6. The van der Waals surface area contributed by atoms with Gasteiger partial charge in [0, 0.05) is 24.7 Å². The quantitative estimate of drug-likeness (QED) is 0.862. The van der Waals surface area contributed by atoms with Crippen LogP contribution in [0, 0.1) is 0 Å². The number of likely N-dealkylation sites (tertiary alicyclic amines) is 1. The van der Waals surface area contributed by atoms with Crippen LogP contribution in [0.5, 0.6) is 5.75 Å². The number of benzene rings is 1. The van der Waals surface area contributed by atoms with Crippen molar-refractivity contribution in [3.8, 4) is 5.75 Å². The SMILES string of the molecule is COc1ccccc1CCNC1CC(C)N(C2CC2)C1. The molecule has 2 fully saturated rings. The molecule has 3 heteroatoms. The van der Waals surface area contributed by atoms with Crippen LogP contribution in [-0.4, -0.2) is 43.2 Å². The molecule has 1 saturated heterocycles. The highest BCUT2D eigenvalue weighted by Gasteiger charge is 2.38. The van der Waals surface area contributed by atoms with Crippen LogP contribution in [0.15, 0.2) is 24.3 Å². The van der Waals surface area contributed by atoms with Gasteiger partial charge < -0.3 is 10.1 Å². The summed E-state index contributed by atoms with van der Waals surface area (Å²) in [5.74, 6) is 1.01. The Kier molecular flexibility index (Phi) is 4.27. The number of hydrogen-bond acceptors (Lipinski definition) is 3. The molecule has 1 N–H and O–H groups in total. The van der Waals surface area contributed by atoms with Crippen LogP contribution in [-0.2, 0) is 6.42 Å². The van der Waals surface area contributed by atoms with Crippen molar-refractivity contribution in [3.05, 3.63) is 29.8 Å². The summed E-state index contributed by atoms with van der Waals surface area (Å²) in [5.41, 5.74) is 1.30. The fourth-order valence-corrected chi connectivity index (χ4v) is 3.44. The molecule has 2 unspecified atom stereocenters. The molecule has 2 aliphatic rings. The van der Waals surface area contributed by atoms with Crippen molar-refractivity contribution < 1.29 is 4.74 Å². The molecule has 1 saturated carbocycles. The monoisotopic (exact) mass is 274 g/mol. The minimum atomic E-state index is 0.667. The van der Waals surface area contributed by atoms with Gasteiger partial charge in [0.25, 0.3) is 0 Å². The predicted octanol–water partition coefficient (Wildman–Crippen LogP) is 2.45. The number of nitrogens with zero attached hydrogens (tertiary/aromatic N) is 1. The van der Waals surface area contributed by atoms with Crippen LogP contribution in [0.3, 0.4) is 0 Å². The second-order valence-corrected chi connectivity index (χ2v) is 6.23. The van der Waals surface area contributed by atoms with Gasteiger partial charge >= 0.3 is 0 Å². The zero-order valence-corrected chi connectivity index (χ0v) is 12.6. The van der Waals surface area contributed by atoms with Gasteiger partial charge in [-0.2, -0.15) is 0 Å². The summed E-state index contributed by atoms with van der Waals surface area (Å²) in [6.45, 7) is 4.65. The number of hydrogen-bond donors (Lipinski definition) is 1. The predicted molar refractivity (Wildman–Crippen MR) is 82.3 cm³/mol. The Hall–Kier alpha value is -1.06. The van der Waals surface area contributed by atoms with Crippen molar-refractivity contribution in [2.75, 3.05) is 20.2 Å². The van der Waals surface area contributed by atoms with E-state index < -0.39 is 0 Å². The Bertz CT molecular complexity index is 444. The van der Waals surface area contributed by atoms with Crippen molar-refractivity contribution in [2.24, 2.45) is 0 Å². The fourth-order valence-electron chi connectivity index (χ4n) is 3.44. The highest BCUT2D eigenvalue weighted by atomic mass is 16.5. The molecule has 1 heterocycles. The summed E-state index contributed by atoms with van der Waals surface area (Å²) < 4.78 is 5.41. The highest BCUT2D eigenvalue weighted by molar-refractivity contribution is 5.33. The third-order valence-electron chi connectivity index (χ3n) is 4.66. The number of nitrogens with one attached hydrogen (secondary N) is 1. The Morgan fingerprint density at radius 1 is 1.30 bits per heavy atom. The Labute approximate surface area is 122 Å². The smallest absolute Gasteiger partial charge is 0.122 e. The topological polar surface area (TPSA) is 24.5 Å². The molecule has 3 nitrogen and oxygen atoms in total. The van der Waals surface area contributed by atoms with E-state index in [0.29, 0.717) is 6.04 Å². The van der Waals surface area contributed by atoms with E-state index in [4.69, 9.17) is 4.74 Å². The zero-order chi connectivity index (χ0) is 13.9. The van der Waals surface area contributed by atoms with Gasteiger partial charge in [0.2, 0.25) is 0 Å². The van der Waals surface area contributed by atoms with Crippen molar-refractivity contribution in [1.29, 1.82) is 0 Å². The van der Waals surface area contributed by atoms with Gasteiger partial charge in [0.1, 0.15) is 5.75 Å². The van der Waals surface area contributed by atoms with E-state index in [9.17, 15) is 0 Å². The molecule has 1 aromatic rings. The van der Waals surface area contributed by atoms with Crippen molar-refractivity contribution in [3.63, 3.8) is 0 Å². The molecule has 0 spiro atoms. The average Bonchev–Trinajstić information content (AvgIpc) is 3.23. The second-order valence-electron chi connectivity index (χ2n) is 6.23. The summed E-state index contributed by atoms with van der Waals surface area (Å²) >= 11 is 0. The Morgan fingerprint density at radius 3 is 2.85 bits per heavy atom. The van der Waals surface area contributed by atoms with Gasteiger partial charge in [-0.25, -0.2) is 0 Å². The van der Waals surface area contributed by atoms with Crippen LogP contribution in [0.2, 0.25) is 0 Å². The van der Waals surface area contributed by atoms with Crippen LogP contribution in [0.1, 0.15) is 31.7 Å². The van der Waals surface area contributed by atoms with E-state index in [1.54, 1.807) is 7.11 Å². The normalized spacial score (nSPS) is 26.9. The minimum Gasteiger partial charge on any atom is -0.496 e. The molecule has 1 aromatic carbocycles. The molecule has 110 valence electrons. The van der Waals surface area contributed by atoms with E-state index in [2.05, 4.69) is 29.3 Å². The largest absolute Gasteiger partial charge is 0.496 e. The van der Waals surface area contributed by atoms with Crippen LogP contribution < -0.4 is 10.1 Å². The lowest BCUT2D eigenvalue weighted by atomic mass is 10.1. The lowest BCUT2D eigenvalue weighted by Gasteiger charge is -2.19. The third-order valence-corrected chi connectivity index (χ3v) is 4.66. The van der Waals surface area contributed by atoms with Gasteiger partial charge in [0.05, 0.1) is 7.11 Å². The first-order chi connectivity index (χ1) is 9.78. The summed E-state index contributed by atoms with van der Waals surface area (Å²) in [6, 6.07) is 10.6. The molecular formula is C17H26N2O. The average molecular weight is 274 g/mol. The zero-order valence-electron chi connectivity index (χ0n) is 12.6. The molecule has 0 aromatic heterocycles. The number of para-hydroxylation sites is 1. The summed E-state index contributed by atoms with van der Waals surface area (Å²) in [7, 11) is 1.75. The van der Waals surface area contributed by atoms with E-state index in [1.807, 2.05) is 12.1 Å². The first-order valence-electron chi connectivity index (χ1n) is 7.89. The van der Waals surface area contributed by atoms with Crippen LogP contribution >= 0.6 is 0 Å². The van der Waals surface area contributed by atoms with Crippen LogP contribution in [0.4, 0.5) is 0 Å². The Morgan fingerprint density at radius 2 is 2.10 bits per heavy atom. The van der Waals surface area contributed by atoms with Gasteiger partial charge in [-0.3, -0.25) is 4.90 Å². The van der Waals surface area contributed by atoms with Gasteiger partial charge in [-0.15, -0.1) is 0 Å². The highest BCUT2D eigenvalue weighted by Crippen LogP contribution is 2.33. The van der Waals surface area contributed by atoms with Gasteiger partial charge in [0.15, 0.2) is 0 Å². The number of methoxy groups -OCH3 is 1. The molecule has 0 bridgehead atoms. The first-order valence-corrected chi connectivity index (χ1v) is 7.89. The molecular weight excluding hydrogens is 248 g/mol. The standard InChI is InChI=1S/C17H26N2O/c1-13-11-15(12-19(13)16-7-8-16)18-10-9-14-5-3-4-6-17(14)20-2/h3-6,13,15-16,18H,7-12H2,1-2H3. The third kappa shape index (κ3) is 3.15. The number of ether oxygens (including phenoxy) is 1. The molecule has 2 atom stereocenters. The van der Waals surface area contributed by atoms with Gasteiger partial charge in [-0.1, -0.05) is 18.2 Å². The molecule has 0 amide bonds. The van der Waals surface area contributed by atoms with Crippen LogP contribution in [0.25, 0.3) is 0 Å². The summed E-state index contributed by atoms with van der Waals surface area (Å²) in [5, 5.41) is 3.73. The van der Waals surface area contributed by atoms with Crippen molar-refractivity contribution in [1.82, 2.24) is 10.2 Å². The summed E-state index contributed by atoms with van der Waals surface area (Å²) in [6.07, 6.45) is 5.16. The fraction of sp³-hybridized carbons (Fsp3) is 0.647. The van der Waals surface area contributed by atoms with Crippen molar-refractivity contribution >= 4 is 0 Å².